The highest BCUT2D eigenvalue weighted by Gasteiger charge is 2.28. The molecule has 1 atom stereocenters. The fourth-order valence-corrected chi connectivity index (χ4v) is 4.92. The molecule has 3 aromatic rings. The Balaban J connectivity index is 1.17. The molecule has 0 spiro atoms. The van der Waals surface area contributed by atoms with Gasteiger partial charge in [0.2, 0.25) is 5.91 Å². The summed E-state index contributed by atoms with van der Waals surface area (Å²) in [4.78, 5) is 27.7. The molecular formula is C26H30N4O3. The fourth-order valence-electron chi connectivity index (χ4n) is 4.92. The third kappa shape index (κ3) is 4.72. The van der Waals surface area contributed by atoms with Crippen molar-refractivity contribution in [3.8, 4) is 5.75 Å². The van der Waals surface area contributed by atoms with Gasteiger partial charge in [-0.2, -0.15) is 5.10 Å². The van der Waals surface area contributed by atoms with Crippen molar-refractivity contribution in [2.24, 2.45) is 5.92 Å². The summed E-state index contributed by atoms with van der Waals surface area (Å²) in [5, 5.41) is 11.2. The summed E-state index contributed by atoms with van der Waals surface area (Å²) in [7, 11) is 0. The number of rotatable bonds is 5. The summed E-state index contributed by atoms with van der Waals surface area (Å²) >= 11 is 0. The van der Waals surface area contributed by atoms with Crippen molar-refractivity contribution >= 4 is 22.7 Å². The topological polar surface area (TPSA) is 87.3 Å². The lowest BCUT2D eigenvalue weighted by atomic mass is 9.94. The minimum Gasteiger partial charge on any atom is -0.493 e. The van der Waals surface area contributed by atoms with Crippen LogP contribution in [0.2, 0.25) is 0 Å². The minimum atomic E-state index is -0.0618. The molecule has 7 heteroatoms. The minimum absolute atomic E-state index is 0.0316. The molecular weight excluding hydrogens is 416 g/mol. The number of ether oxygens (including phenoxy) is 1. The maximum Gasteiger partial charge on any atom is 0.275 e. The molecule has 1 saturated heterocycles. The van der Waals surface area contributed by atoms with E-state index in [1.807, 2.05) is 42.2 Å². The van der Waals surface area contributed by atoms with Crippen molar-refractivity contribution in [1.82, 2.24) is 20.4 Å². The number of aryl methyl sites for hydroxylation is 2. The van der Waals surface area contributed by atoms with Crippen LogP contribution in [-0.4, -0.2) is 46.6 Å². The molecule has 2 aliphatic heterocycles. The number of benzene rings is 2. The first kappa shape index (κ1) is 21.5. The number of carbonyl (C=O) groups excluding carboxylic acids is 2. The molecule has 0 saturated carbocycles. The zero-order chi connectivity index (χ0) is 22.8. The van der Waals surface area contributed by atoms with Crippen LogP contribution in [0.25, 0.3) is 10.9 Å². The first-order valence-electron chi connectivity index (χ1n) is 11.8. The average molecular weight is 447 g/mol. The van der Waals surface area contributed by atoms with E-state index < -0.39 is 0 Å². The van der Waals surface area contributed by atoms with Gasteiger partial charge < -0.3 is 15.0 Å². The molecule has 1 fully saturated rings. The van der Waals surface area contributed by atoms with Crippen molar-refractivity contribution in [1.29, 1.82) is 0 Å². The predicted molar refractivity (Wildman–Crippen MR) is 126 cm³/mol. The highest BCUT2D eigenvalue weighted by atomic mass is 16.5. The lowest BCUT2D eigenvalue weighted by Crippen LogP contribution is -2.41. The van der Waals surface area contributed by atoms with Crippen LogP contribution in [0.5, 0.6) is 5.75 Å². The summed E-state index contributed by atoms with van der Waals surface area (Å²) in [6, 6.07) is 12.1. The van der Waals surface area contributed by atoms with Crippen molar-refractivity contribution in [3.63, 3.8) is 0 Å². The molecule has 7 nitrogen and oxygen atoms in total. The number of nitrogens with one attached hydrogen (secondary N) is 2. The number of hydrogen-bond acceptors (Lipinski definition) is 4. The largest absolute Gasteiger partial charge is 0.493 e. The first-order valence-corrected chi connectivity index (χ1v) is 11.8. The third-order valence-corrected chi connectivity index (χ3v) is 6.66. The van der Waals surface area contributed by atoms with Crippen molar-refractivity contribution in [3.05, 3.63) is 58.8 Å². The Morgan fingerprint density at radius 2 is 2.12 bits per heavy atom. The number of aromatic nitrogens is 2. The van der Waals surface area contributed by atoms with E-state index >= 15 is 0 Å². The normalized spacial score (nSPS) is 18.0. The van der Waals surface area contributed by atoms with E-state index in [-0.39, 0.29) is 17.7 Å². The molecule has 5 rings (SSSR count). The predicted octanol–water partition coefficient (Wildman–Crippen LogP) is 3.76. The molecule has 2 aliphatic rings. The number of likely N-dealkylation sites (tertiary alicyclic amines) is 1. The number of carbonyl (C=O) groups is 2. The van der Waals surface area contributed by atoms with E-state index in [1.54, 1.807) is 0 Å². The van der Waals surface area contributed by atoms with Crippen molar-refractivity contribution in [2.45, 2.75) is 45.6 Å². The van der Waals surface area contributed by atoms with Gasteiger partial charge in [-0.05, 0) is 67.9 Å². The van der Waals surface area contributed by atoms with E-state index in [4.69, 9.17) is 4.74 Å². The summed E-state index contributed by atoms with van der Waals surface area (Å²) in [6.45, 7) is 4.59. The monoisotopic (exact) mass is 446 g/mol. The maximum atomic E-state index is 13.2. The Morgan fingerprint density at radius 1 is 1.21 bits per heavy atom. The van der Waals surface area contributed by atoms with E-state index in [9.17, 15) is 9.59 Å². The van der Waals surface area contributed by atoms with Crippen LogP contribution in [-0.2, 0) is 17.8 Å². The molecule has 3 heterocycles. The molecule has 172 valence electrons. The van der Waals surface area contributed by atoms with Crippen LogP contribution in [0, 0.1) is 12.8 Å². The quantitative estimate of drug-likeness (QED) is 0.625. The van der Waals surface area contributed by atoms with E-state index in [1.165, 1.54) is 5.56 Å². The fraction of sp³-hybridized carbons (Fsp3) is 0.423. The number of H-pyrrole nitrogens is 1. The summed E-state index contributed by atoms with van der Waals surface area (Å²) in [6.07, 6.45) is 4.34. The van der Waals surface area contributed by atoms with E-state index in [0.29, 0.717) is 31.7 Å². The van der Waals surface area contributed by atoms with Gasteiger partial charge in [-0.3, -0.25) is 14.7 Å². The summed E-state index contributed by atoms with van der Waals surface area (Å²) in [5.41, 5.74) is 4.74. The van der Waals surface area contributed by atoms with Gasteiger partial charge in [-0.25, -0.2) is 0 Å². The lowest BCUT2D eigenvalue weighted by Gasteiger charge is -2.32. The Morgan fingerprint density at radius 3 is 3.03 bits per heavy atom. The molecule has 2 amide bonds. The lowest BCUT2D eigenvalue weighted by molar-refractivity contribution is -0.122. The summed E-state index contributed by atoms with van der Waals surface area (Å²) < 4.78 is 5.66. The van der Waals surface area contributed by atoms with Crippen LogP contribution in [0.4, 0.5) is 0 Å². The Bertz CT molecular complexity index is 1190. The van der Waals surface area contributed by atoms with Crippen LogP contribution in [0.15, 0.2) is 36.4 Å². The van der Waals surface area contributed by atoms with Crippen LogP contribution in [0.3, 0.4) is 0 Å². The smallest absolute Gasteiger partial charge is 0.275 e. The number of nitrogens with zero attached hydrogens (tertiary/aromatic N) is 2. The van der Waals surface area contributed by atoms with Gasteiger partial charge in [0.05, 0.1) is 12.1 Å². The molecule has 0 aliphatic carbocycles. The second kappa shape index (κ2) is 9.25. The van der Waals surface area contributed by atoms with Gasteiger partial charge in [0.25, 0.3) is 5.91 Å². The van der Waals surface area contributed by atoms with Crippen molar-refractivity contribution < 1.29 is 14.3 Å². The number of hydrogen-bond donors (Lipinski definition) is 2. The second-order valence-electron chi connectivity index (χ2n) is 9.26. The molecule has 0 unspecified atom stereocenters. The van der Waals surface area contributed by atoms with Crippen LogP contribution >= 0.6 is 0 Å². The molecule has 1 aromatic heterocycles. The standard InChI is InChI=1S/C26H30N4O3/c1-17-6-8-22-21(12-17)25(29-28-22)26(32)30-10-2-4-19(16-30)14-24(31)27-15-18-7-9-23-20(13-18)5-3-11-33-23/h6-9,12-13,19H,2-5,10-11,14-16H2,1H3,(H,27,31)(H,28,29)/t19-/m0/s1. The van der Waals surface area contributed by atoms with Gasteiger partial charge in [-0.1, -0.05) is 23.8 Å². The zero-order valence-corrected chi connectivity index (χ0v) is 19.0. The van der Waals surface area contributed by atoms with Gasteiger partial charge in [0.1, 0.15) is 5.75 Å². The summed E-state index contributed by atoms with van der Waals surface area (Å²) in [5.74, 6) is 1.09. The Kier molecular flexibility index (Phi) is 6.03. The van der Waals surface area contributed by atoms with Crippen LogP contribution < -0.4 is 10.1 Å². The molecule has 2 N–H and O–H groups in total. The van der Waals surface area contributed by atoms with E-state index in [0.717, 1.165) is 60.1 Å². The Hall–Kier alpha value is -3.35. The highest BCUT2D eigenvalue weighted by molar-refractivity contribution is 6.04. The second-order valence-corrected chi connectivity index (χ2v) is 9.26. The number of amides is 2. The SMILES string of the molecule is Cc1ccc2[nH]nc(C(=O)N3CCC[C@@H](CC(=O)NCc4ccc5c(c4)CCCO5)C3)c2c1. The van der Waals surface area contributed by atoms with Crippen LogP contribution in [0.1, 0.15) is 52.9 Å². The van der Waals surface area contributed by atoms with Gasteiger partial charge in [-0.15, -0.1) is 0 Å². The third-order valence-electron chi connectivity index (χ3n) is 6.66. The first-order chi connectivity index (χ1) is 16.1. The van der Waals surface area contributed by atoms with Gasteiger partial charge in [0, 0.05) is 31.4 Å². The number of fused-ring (bicyclic) bond motifs is 2. The van der Waals surface area contributed by atoms with Gasteiger partial charge >= 0.3 is 0 Å². The maximum absolute atomic E-state index is 13.2. The highest BCUT2D eigenvalue weighted by Crippen LogP contribution is 2.26. The molecule has 0 bridgehead atoms. The molecule has 2 aromatic carbocycles. The van der Waals surface area contributed by atoms with Crippen molar-refractivity contribution in [2.75, 3.05) is 19.7 Å². The molecule has 0 radical (unpaired) electrons. The average Bonchev–Trinajstić information content (AvgIpc) is 3.25. The zero-order valence-electron chi connectivity index (χ0n) is 19.0. The molecule has 33 heavy (non-hydrogen) atoms. The van der Waals surface area contributed by atoms with E-state index in [2.05, 4.69) is 21.6 Å². The Labute approximate surface area is 193 Å². The number of piperidine rings is 1. The van der Waals surface area contributed by atoms with Gasteiger partial charge in [0.15, 0.2) is 5.69 Å². The number of aromatic amines is 1.